The highest BCUT2D eigenvalue weighted by Gasteiger charge is 2.07. The number of benzene rings is 1. The van der Waals surface area contributed by atoms with Gasteiger partial charge in [0.05, 0.1) is 18.5 Å². The van der Waals surface area contributed by atoms with Crippen molar-refractivity contribution in [3.05, 3.63) is 53.9 Å². The van der Waals surface area contributed by atoms with E-state index >= 15 is 0 Å². The van der Waals surface area contributed by atoms with Crippen LogP contribution in [0.3, 0.4) is 0 Å². The van der Waals surface area contributed by atoms with Crippen LogP contribution in [0.2, 0.25) is 0 Å². The van der Waals surface area contributed by atoms with Crippen LogP contribution in [0, 0.1) is 0 Å². The Bertz CT molecular complexity index is 550. The van der Waals surface area contributed by atoms with Gasteiger partial charge in [-0.25, -0.2) is 4.98 Å². The summed E-state index contributed by atoms with van der Waals surface area (Å²) in [5.74, 6) is -0.264. The summed E-state index contributed by atoms with van der Waals surface area (Å²) in [4.78, 5) is 16.0. The average Bonchev–Trinajstić information content (AvgIpc) is 2.48. The lowest BCUT2D eigenvalue weighted by atomic mass is 10.2. The predicted octanol–water partition coefficient (Wildman–Crippen LogP) is 1.87. The van der Waals surface area contributed by atoms with Crippen molar-refractivity contribution in [2.24, 2.45) is 0 Å². The molecule has 0 saturated carbocycles. The summed E-state index contributed by atoms with van der Waals surface area (Å²) in [6.45, 7) is -0.0126. The van der Waals surface area contributed by atoms with E-state index in [0.717, 1.165) is 11.3 Å². The van der Waals surface area contributed by atoms with Crippen LogP contribution in [-0.4, -0.2) is 23.0 Å². The first-order chi connectivity index (χ1) is 9.22. The van der Waals surface area contributed by atoms with Gasteiger partial charge in [0, 0.05) is 12.7 Å². The minimum Gasteiger partial charge on any atom is -0.392 e. The van der Waals surface area contributed by atoms with E-state index in [2.05, 4.69) is 15.6 Å². The summed E-state index contributed by atoms with van der Waals surface area (Å²) >= 11 is 0. The van der Waals surface area contributed by atoms with Crippen molar-refractivity contribution in [1.29, 1.82) is 0 Å². The number of hydrogen-bond acceptors (Lipinski definition) is 4. The van der Waals surface area contributed by atoms with E-state index in [1.807, 2.05) is 0 Å². The number of nitrogens with zero attached hydrogens (tertiary/aromatic N) is 1. The Hall–Kier alpha value is -2.40. The third-order valence-corrected chi connectivity index (χ3v) is 2.68. The molecule has 1 amide bonds. The van der Waals surface area contributed by atoms with E-state index in [4.69, 9.17) is 5.11 Å². The fourth-order valence-electron chi connectivity index (χ4n) is 1.56. The molecular weight excluding hydrogens is 242 g/mol. The number of aliphatic hydroxyl groups is 1. The molecule has 2 aromatic rings. The zero-order valence-electron chi connectivity index (χ0n) is 10.6. The lowest BCUT2D eigenvalue weighted by Gasteiger charge is -2.06. The predicted molar refractivity (Wildman–Crippen MR) is 74.1 cm³/mol. The third kappa shape index (κ3) is 3.29. The largest absolute Gasteiger partial charge is 0.392 e. The molecule has 0 unspecified atom stereocenters. The Balaban J connectivity index is 2.06. The Morgan fingerprint density at radius 3 is 2.37 bits per heavy atom. The molecule has 1 heterocycles. The molecule has 2 rings (SSSR count). The van der Waals surface area contributed by atoms with E-state index in [0.29, 0.717) is 11.4 Å². The first kappa shape index (κ1) is 13.0. The maximum atomic E-state index is 11.9. The number of nitrogens with one attached hydrogen (secondary N) is 2. The summed E-state index contributed by atoms with van der Waals surface area (Å²) < 4.78 is 0. The minimum atomic E-state index is -0.264. The normalized spacial score (nSPS) is 10.0. The Labute approximate surface area is 111 Å². The van der Waals surface area contributed by atoms with Gasteiger partial charge < -0.3 is 15.7 Å². The number of aliphatic hydroxyl groups excluding tert-OH is 1. The highest BCUT2D eigenvalue weighted by Crippen LogP contribution is 2.11. The quantitative estimate of drug-likeness (QED) is 0.781. The highest BCUT2D eigenvalue weighted by atomic mass is 16.3. The Kier molecular flexibility index (Phi) is 4.10. The van der Waals surface area contributed by atoms with Crippen molar-refractivity contribution in [3.63, 3.8) is 0 Å². The van der Waals surface area contributed by atoms with Crippen molar-refractivity contribution in [3.8, 4) is 0 Å². The molecule has 3 N–H and O–H groups in total. The van der Waals surface area contributed by atoms with Gasteiger partial charge in [-0.1, -0.05) is 12.1 Å². The van der Waals surface area contributed by atoms with Gasteiger partial charge >= 0.3 is 0 Å². The van der Waals surface area contributed by atoms with Crippen LogP contribution in [-0.2, 0) is 6.61 Å². The number of carbonyl (C=O) groups excluding carboxylic acids is 1. The minimum absolute atomic E-state index is 0.0126. The van der Waals surface area contributed by atoms with Gasteiger partial charge in [-0.3, -0.25) is 4.79 Å². The molecule has 0 aliphatic carbocycles. The second-order valence-electron chi connectivity index (χ2n) is 3.99. The van der Waals surface area contributed by atoms with Gasteiger partial charge in [0.1, 0.15) is 5.69 Å². The molecule has 0 aliphatic heterocycles. The average molecular weight is 257 g/mol. The van der Waals surface area contributed by atoms with Crippen molar-refractivity contribution in [2.75, 3.05) is 17.7 Å². The topological polar surface area (TPSA) is 74.2 Å². The molecule has 1 aromatic heterocycles. The zero-order chi connectivity index (χ0) is 13.7. The molecule has 5 heteroatoms. The second kappa shape index (κ2) is 5.97. The number of pyridine rings is 1. The smallest absolute Gasteiger partial charge is 0.274 e. The first-order valence-corrected chi connectivity index (χ1v) is 5.88. The lowest BCUT2D eigenvalue weighted by molar-refractivity contribution is 0.102. The second-order valence-corrected chi connectivity index (χ2v) is 3.99. The van der Waals surface area contributed by atoms with Gasteiger partial charge in [-0.2, -0.15) is 0 Å². The lowest BCUT2D eigenvalue weighted by Crippen LogP contribution is -2.13. The number of carbonyl (C=O) groups is 1. The monoisotopic (exact) mass is 257 g/mol. The van der Waals surface area contributed by atoms with E-state index < -0.39 is 0 Å². The molecule has 0 spiro atoms. The van der Waals surface area contributed by atoms with Gasteiger partial charge in [0.2, 0.25) is 0 Å². The SMILES string of the molecule is CNc1ccc(C(=O)Nc2ccc(CO)cc2)nc1. The highest BCUT2D eigenvalue weighted by molar-refractivity contribution is 6.02. The Morgan fingerprint density at radius 2 is 1.84 bits per heavy atom. The van der Waals surface area contributed by atoms with Gasteiger partial charge in [-0.05, 0) is 29.8 Å². The Morgan fingerprint density at radius 1 is 1.16 bits per heavy atom. The van der Waals surface area contributed by atoms with Crippen molar-refractivity contribution >= 4 is 17.3 Å². The van der Waals surface area contributed by atoms with Crippen molar-refractivity contribution in [1.82, 2.24) is 4.98 Å². The standard InChI is InChI=1S/C14H15N3O2/c1-15-12-6-7-13(16-8-12)14(19)17-11-4-2-10(9-18)3-5-11/h2-8,15,18H,9H2,1H3,(H,17,19). The molecule has 5 nitrogen and oxygen atoms in total. The molecule has 0 saturated heterocycles. The first-order valence-electron chi connectivity index (χ1n) is 5.88. The molecule has 0 bridgehead atoms. The van der Waals surface area contributed by atoms with E-state index in [-0.39, 0.29) is 12.5 Å². The number of hydrogen-bond donors (Lipinski definition) is 3. The molecule has 1 aromatic carbocycles. The maximum absolute atomic E-state index is 11.9. The molecule has 0 aliphatic rings. The third-order valence-electron chi connectivity index (χ3n) is 2.68. The number of anilines is 2. The summed E-state index contributed by atoms with van der Waals surface area (Å²) in [6.07, 6.45) is 1.60. The molecule has 0 radical (unpaired) electrons. The van der Waals surface area contributed by atoms with Crippen LogP contribution in [0.15, 0.2) is 42.6 Å². The van der Waals surface area contributed by atoms with Crippen molar-refractivity contribution < 1.29 is 9.90 Å². The number of aromatic nitrogens is 1. The summed E-state index contributed by atoms with van der Waals surface area (Å²) in [6, 6.07) is 10.4. The van der Waals surface area contributed by atoms with Crippen LogP contribution in [0.25, 0.3) is 0 Å². The van der Waals surface area contributed by atoms with Crippen LogP contribution in [0.5, 0.6) is 0 Å². The molecular formula is C14H15N3O2. The van der Waals surface area contributed by atoms with Crippen LogP contribution in [0.4, 0.5) is 11.4 Å². The number of rotatable bonds is 4. The van der Waals surface area contributed by atoms with Crippen molar-refractivity contribution in [2.45, 2.75) is 6.61 Å². The number of amides is 1. The van der Waals surface area contributed by atoms with Gasteiger partial charge in [0.25, 0.3) is 5.91 Å². The van der Waals surface area contributed by atoms with Crippen LogP contribution in [0.1, 0.15) is 16.1 Å². The van der Waals surface area contributed by atoms with Gasteiger partial charge in [0.15, 0.2) is 0 Å². The summed E-state index contributed by atoms with van der Waals surface area (Å²) in [7, 11) is 1.79. The molecule has 19 heavy (non-hydrogen) atoms. The van der Waals surface area contributed by atoms with E-state index in [1.165, 1.54) is 0 Å². The van der Waals surface area contributed by atoms with E-state index in [9.17, 15) is 4.79 Å². The van der Waals surface area contributed by atoms with Gasteiger partial charge in [-0.15, -0.1) is 0 Å². The summed E-state index contributed by atoms with van der Waals surface area (Å²) in [5, 5.41) is 14.6. The molecule has 0 atom stereocenters. The maximum Gasteiger partial charge on any atom is 0.274 e. The fraction of sp³-hybridized carbons (Fsp3) is 0.143. The van der Waals surface area contributed by atoms with Crippen LogP contribution >= 0.6 is 0 Å². The van der Waals surface area contributed by atoms with Crippen LogP contribution < -0.4 is 10.6 Å². The fourth-order valence-corrected chi connectivity index (χ4v) is 1.56. The van der Waals surface area contributed by atoms with E-state index in [1.54, 1.807) is 49.6 Å². The molecule has 0 fully saturated rings. The molecule has 98 valence electrons. The zero-order valence-corrected chi connectivity index (χ0v) is 10.6. The summed E-state index contributed by atoms with van der Waals surface area (Å²) in [5.41, 5.74) is 2.67.